The molecule has 26 heavy (non-hydrogen) atoms. The van der Waals surface area contributed by atoms with Gasteiger partial charge in [0.25, 0.3) is 0 Å². The van der Waals surface area contributed by atoms with E-state index in [0.29, 0.717) is 18.5 Å². The first-order valence-corrected chi connectivity index (χ1v) is 8.63. The van der Waals surface area contributed by atoms with Crippen molar-refractivity contribution >= 4 is 10.9 Å². The van der Waals surface area contributed by atoms with E-state index < -0.39 is 12.0 Å². The Bertz CT molecular complexity index is 942. The zero-order chi connectivity index (χ0) is 18.3. The third kappa shape index (κ3) is 3.07. The van der Waals surface area contributed by atoms with Gasteiger partial charge in [0.05, 0.1) is 0 Å². The summed E-state index contributed by atoms with van der Waals surface area (Å²) < 4.78 is 40.1. The number of aromatic nitrogens is 3. The van der Waals surface area contributed by atoms with Gasteiger partial charge in [0.2, 0.25) is 5.82 Å². The fraction of sp³-hybridized carbons (Fsp3) is 0.368. The molecule has 0 radical (unpaired) electrons. The van der Waals surface area contributed by atoms with Crippen molar-refractivity contribution < 1.29 is 13.2 Å². The van der Waals surface area contributed by atoms with Crippen LogP contribution in [0.25, 0.3) is 10.9 Å². The van der Waals surface area contributed by atoms with Crippen LogP contribution in [-0.4, -0.2) is 21.1 Å². The largest absolute Gasteiger partial charge is 0.451 e. The van der Waals surface area contributed by atoms with E-state index in [1.165, 1.54) is 40.1 Å². The van der Waals surface area contributed by atoms with Crippen LogP contribution < -0.4 is 5.32 Å². The van der Waals surface area contributed by atoms with Crippen molar-refractivity contribution in [3.8, 4) is 0 Å². The van der Waals surface area contributed by atoms with Crippen molar-refractivity contribution in [3.63, 3.8) is 0 Å². The number of hydrogen-bond acceptors (Lipinski definition) is 3. The number of nitrogens with zero attached hydrogens (tertiary/aromatic N) is 3. The smallest absolute Gasteiger partial charge is 0.344 e. The van der Waals surface area contributed by atoms with Gasteiger partial charge in [-0.05, 0) is 36.6 Å². The van der Waals surface area contributed by atoms with Crippen LogP contribution in [-0.2, 0) is 32.1 Å². The van der Waals surface area contributed by atoms with Crippen molar-refractivity contribution in [2.45, 2.75) is 39.0 Å². The third-order valence-electron chi connectivity index (χ3n) is 4.87. The first kappa shape index (κ1) is 17.0. The Morgan fingerprint density at radius 3 is 2.69 bits per heavy atom. The molecule has 0 aliphatic carbocycles. The van der Waals surface area contributed by atoms with E-state index in [9.17, 15) is 13.2 Å². The third-order valence-corrected chi connectivity index (χ3v) is 4.87. The first-order chi connectivity index (χ1) is 12.4. The summed E-state index contributed by atoms with van der Waals surface area (Å²) in [4.78, 5) is 6.91. The SMILES string of the molecule is Cc1ccc2c(c1)c1c(n2CCc2cnc(C(F)(F)F)nc2)CCNC1. The number of aryl methyl sites for hydroxylation is 3. The van der Waals surface area contributed by atoms with Crippen molar-refractivity contribution in [3.05, 3.63) is 58.8 Å². The van der Waals surface area contributed by atoms with Crippen LogP contribution in [0, 0.1) is 6.92 Å². The number of halogens is 3. The Kier molecular flexibility index (Phi) is 4.19. The number of nitrogens with one attached hydrogen (secondary N) is 1. The van der Waals surface area contributed by atoms with Gasteiger partial charge in [0.1, 0.15) is 0 Å². The summed E-state index contributed by atoms with van der Waals surface area (Å²) in [6.07, 6.45) is -0.402. The highest BCUT2D eigenvalue weighted by Crippen LogP contribution is 2.30. The predicted molar refractivity (Wildman–Crippen MR) is 92.8 cm³/mol. The molecule has 1 aliphatic heterocycles. The lowest BCUT2D eigenvalue weighted by atomic mass is 10.0. The second kappa shape index (κ2) is 6.39. The Morgan fingerprint density at radius 1 is 1.19 bits per heavy atom. The van der Waals surface area contributed by atoms with E-state index in [4.69, 9.17) is 0 Å². The van der Waals surface area contributed by atoms with Gasteiger partial charge in [-0.25, -0.2) is 9.97 Å². The van der Waals surface area contributed by atoms with Gasteiger partial charge in [0.15, 0.2) is 0 Å². The van der Waals surface area contributed by atoms with Crippen LogP contribution in [0.3, 0.4) is 0 Å². The molecule has 0 saturated heterocycles. The Balaban J connectivity index is 1.63. The molecule has 0 spiro atoms. The van der Waals surface area contributed by atoms with Gasteiger partial charge in [-0.3, -0.25) is 0 Å². The molecular formula is C19H19F3N4. The molecule has 1 aromatic carbocycles. The van der Waals surface area contributed by atoms with Gasteiger partial charge >= 0.3 is 6.18 Å². The molecule has 0 atom stereocenters. The number of benzene rings is 1. The van der Waals surface area contributed by atoms with Gasteiger partial charge < -0.3 is 9.88 Å². The normalized spacial score (nSPS) is 14.6. The molecule has 1 aliphatic rings. The van der Waals surface area contributed by atoms with E-state index in [0.717, 1.165) is 19.5 Å². The maximum absolute atomic E-state index is 12.6. The molecule has 0 saturated carbocycles. The molecule has 0 amide bonds. The first-order valence-electron chi connectivity index (χ1n) is 8.63. The zero-order valence-corrected chi connectivity index (χ0v) is 14.4. The van der Waals surface area contributed by atoms with Crippen molar-refractivity contribution in [2.75, 3.05) is 6.54 Å². The molecule has 0 unspecified atom stereocenters. The number of fused-ring (bicyclic) bond motifs is 3. The Hall–Kier alpha value is -2.41. The van der Waals surface area contributed by atoms with Crippen LogP contribution in [0.1, 0.15) is 28.2 Å². The summed E-state index contributed by atoms with van der Waals surface area (Å²) in [5, 5.41) is 4.68. The van der Waals surface area contributed by atoms with Crippen molar-refractivity contribution in [1.82, 2.24) is 19.9 Å². The standard InChI is InChI=1S/C19H19F3N4/c1-12-2-3-16-14(8-12)15-11-23-6-4-17(15)26(16)7-5-13-9-24-18(25-10-13)19(20,21)22/h2-3,8-10,23H,4-7,11H2,1H3. The summed E-state index contributed by atoms with van der Waals surface area (Å²) in [5.41, 5.74) is 5.75. The van der Waals surface area contributed by atoms with E-state index in [2.05, 4.69) is 45.0 Å². The van der Waals surface area contributed by atoms with Gasteiger partial charge in [-0.1, -0.05) is 11.6 Å². The van der Waals surface area contributed by atoms with E-state index in [-0.39, 0.29) is 0 Å². The van der Waals surface area contributed by atoms with Gasteiger partial charge in [-0.2, -0.15) is 13.2 Å². The molecule has 0 bridgehead atoms. The van der Waals surface area contributed by atoms with Crippen LogP contribution in [0.2, 0.25) is 0 Å². The summed E-state index contributed by atoms with van der Waals surface area (Å²) in [6.45, 7) is 4.57. The van der Waals surface area contributed by atoms with Crippen LogP contribution >= 0.6 is 0 Å². The molecule has 4 nitrogen and oxygen atoms in total. The highest BCUT2D eigenvalue weighted by atomic mass is 19.4. The predicted octanol–water partition coefficient (Wildman–Crippen LogP) is 3.65. The lowest BCUT2D eigenvalue weighted by Gasteiger charge is -2.17. The molecule has 136 valence electrons. The van der Waals surface area contributed by atoms with Gasteiger partial charge in [-0.15, -0.1) is 0 Å². The lowest BCUT2D eigenvalue weighted by molar-refractivity contribution is -0.145. The minimum atomic E-state index is -4.50. The van der Waals surface area contributed by atoms with E-state index in [1.54, 1.807) is 0 Å². The Morgan fingerprint density at radius 2 is 1.96 bits per heavy atom. The lowest BCUT2D eigenvalue weighted by Crippen LogP contribution is -2.24. The van der Waals surface area contributed by atoms with E-state index in [1.807, 2.05) is 0 Å². The highest BCUT2D eigenvalue weighted by molar-refractivity contribution is 5.86. The quantitative estimate of drug-likeness (QED) is 0.775. The summed E-state index contributed by atoms with van der Waals surface area (Å²) in [5.74, 6) is -1.09. The number of rotatable bonds is 3. The highest BCUT2D eigenvalue weighted by Gasteiger charge is 2.34. The van der Waals surface area contributed by atoms with Crippen molar-refractivity contribution in [2.24, 2.45) is 0 Å². The molecule has 4 rings (SSSR count). The summed E-state index contributed by atoms with van der Waals surface area (Å²) >= 11 is 0. The molecular weight excluding hydrogens is 341 g/mol. The minimum absolute atomic E-state index is 0.593. The van der Waals surface area contributed by atoms with Crippen LogP contribution in [0.5, 0.6) is 0 Å². The topological polar surface area (TPSA) is 42.7 Å². The van der Waals surface area contributed by atoms with Crippen molar-refractivity contribution in [1.29, 1.82) is 0 Å². The fourth-order valence-corrected chi connectivity index (χ4v) is 3.62. The number of hydrogen-bond donors (Lipinski definition) is 1. The number of alkyl halides is 3. The molecule has 0 fully saturated rings. The Labute approximate surface area is 149 Å². The maximum atomic E-state index is 12.6. The summed E-state index contributed by atoms with van der Waals surface area (Å²) in [7, 11) is 0. The molecule has 3 heterocycles. The average molecular weight is 360 g/mol. The second-order valence-corrected chi connectivity index (χ2v) is 6.69. The molecule has 2 aromatic heterocycles. The minimum Gasteiger partial charge on any atom is -0.344 e. The van der Waals surface area contributed by atoms with Crippen LogP contribution in [0.15, 0.2) is 30.6 Å². The van der Waals surface area contributed by atoms with E-state index >= 15 is 0 Å². The monoisotopic (exact) mass is 360 g/mol. The molecule has 1 N–H and O–H groups in total. The maximum Gasteiger partial charge on any atom is 0.451 e. The van der Waals surface area contributed by atoms with Gasteiger partial charge in [0, 0.05) is 55.0 Å². The summed E-state index contributed by atoms with van der Waals surface area (Å²) in [6, 6.07) is 6.43. The fourth-order valence-electron chi connectivity index (χ4n) is 3.62. The molecule has 3 aromatic rings. The zero-order valence-electron chi connectivity index (χ0n) is 14.4. The second-order valence-electron chi connectivity index (χ2n) is 6.69. The van der Waals surface area contributed by atoms with Crippen LogP contribution in [0.4, 0.5) is 13.2 Å². The molecule has 7 heteroatoms. The average Bonchev–Trinajstić information content (AvgIpc) is 2.93.